The Bertz CT molecular complexity index is 873. The molecule has 0 spiro atoms. The average molecular weight is 431 g/mol. The van der Waals surface area contributed by atoms with E-state index in [4.69, 9.17) is 0 Å². The van der Waals surface area contributed by atoms with E-state index in [9.17, 15) is 4.79 Å². The van der Waals surface area contributed by atoms with Crippen molar-refractivity contribution in [3.8, 4) is 0 Å². The van der Waals surface area contributed by atoms with E-state index >= 15 is 0 Å². The summed E-state index contributed by atoms with van der Waals surface area (Å²) in [6.45, 7) is 20.5. The molecule has 0 aliphatic rings. The van der Waals surface area contributed by atoms with Gasteiger partial charge in [0.05, 0.1) is 5.52 Å². The quantitative estimate of drug-likeness (QED) is 0.374. The van der Waals surface area contributed by atoms with Crippen molar-refractivity contribution in [2.75, 3.05) is 7.05 Å². The average Bonchev–Trinajstić information content (AvgIpc) is 3.00. The summed E-state index contributed by atoms with van der Waals surface area (Å²) in [6, 6.07) is 6.40. The van der Waals surface area contributed by atoms with E-state index in [1.807, 2.05) is 40.7 Å². The normalized spacial score (nSPS) is 10.8. The second-order valence-corrected chi connectivity index (χ2v) is 7.16. The summed E-state index contributed by atoms with van der Waals surface area (Å²) < 4.78 is 2.09. The Morgan fingerprint density at radius 1 is 1.20 bits per heavy atom. The van der Waals surface area contributed by atoms with Crippen LogP contribution in [0.15, 0.2) is 58.4 Å². The first-order valence-electron chi connectivity index (χ1n) is 10.4. The molecule has 0 saturated heterocycles. The number of benzene rings is 1. The molecule has 1 aromatic carbocycles. The summed E-state index contributed by atoms with van der Waals surface area (Å²) in [5.74, 6) is 0.00213. The van der Waals surface area contributed by atoms with Crippen LogP contribution >= 0.6 is 11.8 Å². The Labute approximate surface area is 189 Å². The van der Waals surface area contributed by atoms with Crippen molar-refractivity contribution in [3.63, 3.8) is 0 Å². The molecule has 2 rings (SSSR count). The fraction of sp³-hybridized carbons (Fsp3) is 0.423. The number of nitrogens with one attached hydrogen (secondary N) is 1. The summed E-state index contributed by atoms with van der Waals surface area (Å²) in [4.78, 5) is 14.2. The summed E-state index contributed by atoms with van der Waals surface area (Å²) in [7, 11) is 1.67. The van der Waals surface area contributed by atoms with Gasteiger partial charge in [-0.25, -0.2) is 0 Å². The number of hydrogen-bond acceptors (Lipinski definition) is 2. The molecule has 0 saturated carbocycles. The first-order valence-corrected chi connectivity index (χ1v) is 11.2. The SMILES string of the molecule is C.C=C/C(=C\C(C)=C/C)Sc1c(C)n(CC(=O)NC)c2cc(C)ccc12.CC.CC. The Morgan fingerprint density at radius 3 is 2.30 bits per heavy atom. The van der Waals surface area contributed by atoms with Crippen LogP contribution in [-0.4, -0.2) is 17.5 Å². The third-order valence-corrected chi connectivity index (χ3v) is 5.49. The molecule has 2 aromatic rings. The molecule has 168 valence electrons. The molecular weight excluding hydrogens is 388 g/mol. The molecule has 0 aliphatic heterocycles. The Balaban J connectivity index is 0. The van der Waals surface area contributed by atoms with Crippen molar-refractivity contribution in [2.24, 2.45) is 0 Å². The zero-order chi connectivity index (χ0) is 22.6. The lowest BCUT2D eigenvalue weighted by Gasteiger charge is -2.08. The minimum Gasteiger partial charge on any atom is -0.358 e. The molecule has 30 heavy (non-hydrogen) atoms. The Kier molecular flexibility index (Phi) is 15.6. The molecule has 0 atom stereocenters. The largest absolute Gasteiger partial charge is 0.358 e. The number of rotatable bonds is 6. The molecule has 3 nitrogen and oxygen atoms in total. The standard InChI is InChI=1S/C21H26N2OS.2C2H6.CH4/c1-7-14(3)11-17(8-2)25-21-16(5)23(13-20(24)22-6)19-12-15(4)9-10-18(19)21;2*1-2;/h7-12H,2,13H2,1,3-6H3,(H,22,24);2*1-2H3;1H4/b14-7-,17-11+;;;. The highest BCUT2D eigenvalue weighted by Gasteiger charge is 2.17. The number of nitrogens with zero attached hydrogens (tertiary/aromatic N) is 1. The lowest BCUT2D eigenvalue weighted by molar-refractivity contribution is -0.121. The molecule has 0 aliphatic carbocycles. The molecule has 4 heteroatoms. The molecule has 0 radical (unpaired) electrons. The van der Waals surface area contributed by atoms with Crippen LogP contribution in [0.1, 0.15) is 60.2 Å². The monoisotopic (exact) mass is 430 g/mol. The number of aromatic nitrogens is 1. The van der Waals surface area contributed by atoms with Gasteiger partial charge < -0.3 is 9.88 Å². The lowest BCUT2D eigenvalue weighted by atomic mass is 10.2. The molecule has 0 unspecified atom stereocenters. The van der Waals surface area contributed by atoms with Gasteiger partial charge in [-0.2, -0.15) is 0 Å². The van der Waals surface area contributed by atoms with Crippen molar-refractivity contribution in [1.82, 2.24) is 9.88 Å². The highest BCUT2D eigenvalue weighted by Crippen LogP contribution is 2.39. The number of amides is 1. The number of likely N-dealkylation sites (N-methyl/N-ethyl adjacent to an activating group) is 1. The van der Waals surface area contributed by atoms with Gasteiger partial charge in [-0.15, -0.1) is 0 Å². The first kappa shape index (κ1) is 30.0. The number of thioether (sulfide) groups is 1. The van der Waals surface area contributed by atoms with Gasteiger partial charge in [-0.3, -0.25) is 4.79 Å². The Hall–Kier alpha value is -2.20. The molecule has 1 amide bonds. The number of carbonyl (C=O) groups is 1. The van der Waals surface area contributed by atoms with Crippen LogP contribution in [-0.2, 0) is 11.3 Å². The van der Waals surface area contributed by atoms with Crippen LogP contribution in [0.4, 0.5) is 0 Å². The fourth-order valence-electron chi connectivity index (χ4n) is 2.67. The zero-order valence-corrected chi connectivity index (χ0v) is 20.5. The molecule has 1 N–H and O–H groups in total. The van der Waals surface area contributed by atoms with E-state index in [0.717, 1.165) is 16.1 Å². The van der Waals surface area contributed by atoms with Crippen molar-refractivity contribution < 1.29 is 4.79 Å². The van der Waals surface area contributed by atoms with Gasteiger partial charge >= 0.3 is 0 Å². The van der Waals surface area contributed by atoms with Gasteiger partial charge in [0.1, 0.15) is 6.54 Å². The van der Waals surface area contributed by atoms with E-state index in [-0.39, 0.29) is 13.3 Å². The van der Waals surface area contributed by atoms with Crippen molar-refractivity contribution in [3.05, 3.63) is 64.7 Å². The van der Waals surface area contributed by atoms with Gasteiger partial charge in [0.25, 0.3) is 0 Å². The predicted molar refractivity (Wildman–Crippen MR) is 138 cm³/mol. The summed E-state index contributed by atoms with van der Waals surface area (Å²) in [6.07, 6.45) is 6.09. The van der Waals surface area contributed by atoms with E-state index in [2.05, 4.69) is 67.6 Å². The summed E-state index contributed by atoms with van der Waals surface area (Å²) >= 11 is 1.70. The van der Waals surface area contributed by atoms with Gasteiger partial charge in [-0.1, -0.05) is 83.3 Å². The molecule has 0 fully saturated rings. The van der Waals surface area contributed by atoms with E-state index in [0.29, 0.717) is 6.54 Å². The minimum atomic E-state index is 0. The van der Waals surface area contributed by atoms with Gasteiger partial charge in [-0.05, 0) is 45.4 Å². The smallest absolute Gasteiger partial charge is 0.239 e. The number of aryl methyl sites for hydroxylation is 1. The van der Waals surface area contributed by atoms with Gasteiger partial charge in [0.15, 0.2) is 0 Å². The van der Waals surface area contributed by atoms with Crippen molar-refractivity contribution >= 4 is 28.6 Å². The van der Waals surface area contributed by atoms with Crippen LogP contribution in [0.3, 0.4) is 0 Å². The topological polar surface area (TPSA) is 34.0 Å². The third-order valence-electron chi connectivity index (χ3n) is 4.25. The van der Waals surface area contributed by atoms with Crippen molar-refractivity contribution in [2.45, 2.75) is 74.3 Å². The lowest BCUT2D eigenvalue weighted by Crippen LogP contribution is -2.23. The molecular formula is C26H42N2OS. The molecule has 1 aromatic heterocycles. The van der Waals surface area contributed by atoms with Gasteiger partial charge in [0, 0.05) is 27.9 Å². The summed E-state index contributed by atoms with van der Waals surface area (Å²) in [5.41, 5.74) is 4.57. The predicted octanol–water partition coefficient (Wildman–Crippen LogP) is 7.82. The second-order valence-electron chi connectivity index (χ2n) is 6.08. The zero-order valence-electron chi connectivity index (χ0n) is 19.6. The van der Waals surface area contributed by atoms with Crippen LogP contribution in [0, 0.1) is 13.8 Å². The number of hydrogen-bond donors (Lipinski definition) is 1. The van der Waals surface area contributed by atoms with Crippen LogP contribution in [0.25, 0.3) is 10.9 Å². The summed E-state index contributed by atoms with van der Waals surface area (Å²) in [5, 5.41) is 3.88. The number of fused-ring (bicyclic) bond motifs is 1. The fourth-order valence-corrected chi connectivity index (χ4v) is 3.77. The maximum atomic E-state index is 12.0. The van der Waals surface area contributed by atoms with Crippen LogP contribution in [0.2, 0.25) is 0 Å². The van der Waals surface area contributed by atoms with Crippen LogP contribution < -0.4 is 5.32 Å². The maximum Gasteiger partial charge on any atom is 0.239 e. The number of allylic oxidation sites excluding steroid dienone is 4. The molecule has 0 bridgehead atoms. The van der Waals surface area contributed by atoms with Crippen molar-refractivity contribution in [1.29, 1.82) is 0 Å². The van der Waals surface area contributed by atoms with E-state index in [1.165, 1.54) is 21.4 Å². The minimum absolute atomic E-state index is 0. The number of carbonyl (C=O) groups excluding carboxylic acids is 1. The first-order chi connectivity index (χ1) is 13.9. The highest BCUT2D eigenvalue weighted by molar-refractivity contribution is 8.03. The third kappa shape index (κ3) is 7.91. The van der Waals surface area contributed by atoms with E-state index < -0.39 is 0 Å². The van der Waals surface area contributed by atoms with Crippen LogP contribution in [0.5, 0.6) is 0 Å². The Morgan fingerprint density at radius 2 is 1.80 bits per heavy atom. The maximum absolute atomic E-state index is 12.0. The molecule has 1 heterocycles. The highest BCUT2D eigenvalue weighted by atomic mass is 32.2. The van der Waals surface area contributed by atoms with E-state index in [1.54, 1.807) is 18.8 Å². The van der Waals surface area contributed by atoms with Gasteiger partial charge in [0.2, 0.25) is 5.91 Å². The second kappa shape index (κ2) is 15.6.